The van der Waals surface area contributed by atoms with Crippen molar-refractivity contribution in [3.63, 3.8) is 0 Å². The Balaban J connectivity index is 1.77. The molecule has 5 rings (SSSR count). The van der Waals surface area contributed by atoms with Crippen molar-refractivity contribution in [2.45, 2.75) is 24.5 Å². The normalized spacial score (nSPS) is 23.0. The van der Waals surface area contributed by atoms with E-state index in [9.17, 15) is 19.7 Å². The number of hydrogen-bond acceptors (Lipinski definition) is 7. The minimum Gasteiger partial charge on any atom is -0.464 e. The van der Waals surface area contributed by atoms with Gasteiger partial charge in [-0.1, -0.05) is 36.4 Å². The van der Waals surface area contributed by atoms with Crippen LogP contribution in [0.1, 0.15) is 24.1 Å². The number of nitro benzene ring substituents is 1. The lowest BCUT2D eigenvalue weighted by molar-refractivity contribution is -0.384. The number of ether oxygens (including phenoxy) is 1. The summed E-state index contributed by atoms with van der Waals surface area (Å²) in [6, 6.07) is 21.4. The molecule has 2 heterocycles. The second-order valence-electron chi connectivity index (χ2n) is 8.02. The number of para-hydroxylation sites is 2. The highest BCUT2D eigenvalue weighted by atomic mass is 16.7. The molecule has 0 aliphatic carbocycles. The molecule has 0 saturated carbocycles. The second kappa shape index (κ2) is 8.27. The molecule has 2 aliphatic rings. The van der Waals surface area contributed by atoms with E-state index in [1.165, 1.54) is 17.2 Å². The minimum atomic E-state index is -1.49. The lowest BCUT2D eigenvalue weighted by Crippen LogP contribution is -2.50. The molecule has 0 bridgehead atoms. The monoisotopic (exact) mass is 459 g/mol. The standard InChI is InChI=1S/C25H21N3O6/c1-2-33-23(29)22-25(19-10-6-7-11-20(19)26-24(25)30)21(16-12-14-18(15-13-16)28(31)32)27(34-22)17-8-4-3-5-9-17/h3-15,21-22H,2H2,1H3,(H,26,30). The van der Waals surface area contributed by atoms with Crippen molar-refractivity contribution in [3.05, 3.63) is 100 Å². The van der Waals surface area contributed by atoms with Crippen molar-refractivity contribution in [2.75, 3.05) is 17.0 Å². The van der Waals surface area contributed by atoms with Crippen LogP contribution in [0.2, 0.25) is 0 Å². The van der Waals surface area contributed by atoms with E-state index in [0.29, 0.717) is 22.5 Å². The molecule has 1 saturated heterocycles. The molecule has 3 unspecified atom stereocenters. The number of nitrogens with zero attached hydrogens (tertiary/aromatic N) is 2. The molecule has 3 aromatic rings. The molecule has 9 nitrogen and oxygen atoms in total. The molecule has 1 amide bonds. The molecular formula is C25H21N3O6. The minimum absolute atomic E-state index is 0.0822. The number of esters is 1. The quantitative estimate of drug-likeness (QED) is 0.350. The maximum atomic E-state index is 13.8. The number of hydroxylamine groups is 1. The number of nitro groups is 1. The van der Waals surface area contributed by atoms with Crippen molar-refractivity contribution in [3.8, 4) is 0 Å². The van der Waals surface area contributed by atoms with E-state index in [4.69, 9.17) is 9.57 Å². The van der Waals surface area contributed by atoms with Crippen LogP contribution in [0.4, 0.5) is 17.1 Å². The zero-order valence-corrected chi connectivity index (χ0v) is 18.2. The highest BCUT2D eigenvalue weighted by molar-refractivity contribution is 6.11. The van der Waals surface area contributed by atoms with Crippen molar-refractivity contribution < 1.29 is 24.1 Å². The predicted octanol–water partition coefficient (Wildman–Crippen LogP) is 3.91. The van der Waals surface area contributed by atoms with E-state index >= 15 is 0 Å². The smallest absolute Gasteiger partial charge is 0.339 e. The second-order valence-corrected chi connectivity index (χ2v) is 8.02. The number of hydrogen-bond donors (Lipinski definition) is 1. The molecule has 1 fully saturated rings. The summed E-state index contributed by atoms with van der Waals surface area (Å²) in [5.74, 6) is -1.08. The van der Waals surface area contributed by atoms with Gasteiger partial charge < -0.3 is 10.1 Å². The van der Waals surface area contributed by atoms with Gasteiger partial charge in [0.1, 0.15) is 11.5 Å². The number of non-ortho nitro benzene ring substituents is 1. The van der Waals surface area contributed by atoms with Gasteiger partial charge in [0.2, 0.25) is 12.0 Å². The number of carbonyl (C=O) groups is 2. The molecule has 9 heteroatoms. The zero-order chi connectivity index (χ0) is 23.9. The molecule has 3 atom stereocenters. The molecule has 3 aromatic carbocycles. The molecular weight excluding hydrogens is 438 g/mol. The fourth-order valence-corrected chi connectivity index (χ4v) is 4.83. The number of benzene rings is 3. The van der Waals surface area contributed by atoms with Gasteiger partial charge >= 0.3 is 5.97 Å². The Morgan fingerprint density at radius 3 is 2.44 bits per heavy atom. The van der Waals surface area contributed by atoms with Gasteiger partial charge in [-0.2, -0.15) is 0 Å². The summed E-state index contributed by atoms with van der Waals surface area (Å²) in [4.78, 5) is 44.0. The van der Waals surface area contributed by atoms with Crippen LogP contribution < -0.4 is 10.4 Å². The summed E-state index contributed by atoms with van der Waals surface area (Å²) in [6.45, 7) is 1.80. The molecule has 1 spiro atoms. The van der Waals surface area contributed by atoms with Gasteiger partial charge in [0.05, 0.1) is 17.2 Å². The van der Waals surface area contributed by atoms with Gasteiger partial charge in [0.25, 0.3) is 5.69 Å². The Labute approximate surface area is 195 Å². The molecule has 2 aliphatic heterocycles. The number of carbonyl (C=O) groups excluding carboxylic acids is 2. The van der Waals surface area contributed by atoms with E-state index in [1.54, 1.807) is 55.5 Å². The molecule has 1 N–H and O–H groups in total. The third-order valence-corrected chi connectivity index (χ3v) is 6.23. The van der Waals surface area contributed by atoms with Gasteiger partial charge in [-0.05, 0) is 48.4 Å². The van der Waals surface area contributed by atoms with Crippen LogP contribution in [-0.2, 0) is 24.6 Å². The van der Waals surface area contributed by atoms with Crippen LogP contribution in [0.3, 0.4) is 0 Å². The van der Waals surface area contributed by atoms with E-state index in [1.807, 2.05) is 18.2 Å². The van der Waals surface area contributed by atoms with Crippen molar-refractivity contribution in [1.82, 2.24) is 0 Å². The van der Waals surface area contributed by atoms with Crippen LogP contribution in [-0.4, -0.2) is 29.5 Å². The van der Waals surface area contributed by atoms with Crippen LogP contribution >= 0.6 is 0 Å². The van der Waals surface area contributed by atoms with Gasteiger partial charge in [0, 0.05) is 17.8 Å². The summed E-state index contributed by atoms with van der Waals surface area (Å²) in [5, 5.41) is 15.7. The van der Waals surface area contributed by atoms with Gasteiger partial charge in [-0.15, -0.1) is 0 Å². The van der Waals surface area contributed by atoms with Crippen molar-refractivity contribution in [1.29, 1.82) is 0 Å². The topological polar surface area (TPSA) is 111 Å². The number of rotatable bonds is 5. The summed E-state index contributed by atoms with van der Waals surface area (Å²) >= 11 is 0. The number of anilines is 2. The third kappa shape index (κ3) is 3.12. The van der Waals surface area contributed by atoms with E-state index in [2.05, 4.69) is 5.32 Å². The fraction of sp³-hybridized carbons (Fsp3) is 0.200. The molecule has 34 heavy (non-hydrogen) atoms. The molecule has 0 radical (unpaired) electrons. The van der Waals surface area contributed by atoms with Crippen molar-refractivity contribution >= 4 is 28.9 Å². The SMILES string of the molecule is CCOC(=O)C1ON(c2ccccc2)C(c2ccc([N+](=O)[O-])cc2)C12C(=O)Nc1ccccc12. The first-order chi connectivity index (χ1) is 16.5. The maximum Gasteiger partial charge on any atom is 0.339 e. The Morgan fingerprint density at radius 2 is 1.76 bits per heavy atom. The third-order valence-electron chi connectivity index (χ3n) is 6.23. The fourth-order valence-electron chi connectivity index (χ4n) is 4.83. The Kier molecular flexibility index (Phi) is 5.25. The first kappa shape index (κ1) is 21.6. The highest BCUT2D eigenvalue weighted by Crippen LogP contribution is 2.57. The number of fused-ring (bicyclic) bond motifs is 2. The van der Waals surface area contributed by atoms with Gasteiger partial charge in [-0.3, -0.25) is 19.7 Å². The van der Waals surface area contributed by atoms with Crippen LogP contribution in [0.15, 0.2) is 78.9 Å². The molecule has 0 aromatic heterocycles. The first-order valence-corrected chi connectivity index (χ1v) is 10.8. The summed E-state index contributed by atoms with van der Waals surface area (Å²) in [6.07, 6.45) is -1.28. The lowest BCUT2D eigenvalue weighted by Gasteiger charge is -2.33. The largest absolute Gasteiger partial charge is 0.464 e. The van der Waals surface area contributed by atoms with Crippen LogP contribution in [0.5, 0.6) is 0 Å². The zero-order valence-electron chi connectivity index (χ0n) is 18.2. The van der Waals surface area contributed by atoms with E-state index in [-0.39, 0.29) is 12.3 Å². The molecule has 172 valence electrons. The maximum absolute atomic E-state index is 13.8. The van der Waals surface area contributed by atoms with Crippen LogP contribution in [0, 0.1) is 10.1 Å². The Morgan fingerprint density at radius 1 is 1.09 bits per heavy atom. The average Bonchev–Trinajstić information content (AvgIpc) is 3.36. The van der Waals surface area contributed by atoms with E-state index < -0.39 is 34.4 Å². The predicted molar refractivity (Wildman–Crippen MR) is 123 cm³/mol. The van der Waals surface area contributed by atoms with Crippen molar-refractivity contribution in [2.24, 2.45) is 0 Å². The summed E-state index contributed by atoms with van der Waals surface area (Å²) < 4.78 is 5.33. The average molecular weight is 459 g/mol. The Hall–Kier alpha value is -4.24. The van der Waals surface area contributed by atoms with Gasteiger partial charge in [0.15, 0.2) is 0 Å². The van der Waals surface area contributed by atoms with Gasteiger partial charge in [-0.25, -0.2) is 9.86 Å². The highest BCUT2D eigenvalue weighted by Gasteiger charge is 2.68. The number of amides is 1. The Bertz CT molecular complexity index is 1260. The summed E-state index contributed by atoms with van der Waals surface area (Å²) in [5.41, 5.74) is 0.796. The van der Waals surface area contributed by atoms with Crippen LogP contribution in [0.25, 0.3) is 0 Å². The first-order valence-electron chi connectivity index (χ1n) is 10.8. The lowest BCUT2D eigenvalue weighted by atomic mass is 9.69. The number of nitrogens with one attached hydrogen (secondary N) is 1. The van der Waals surface area contributed by atoms with E-state index in [0.717, 1.165) is 0 Å². The summed E-state index contributed by atoms with van der Waals surface area (Å²) in [7, 11) is 0.